The van der Waals surface area contributed by atoms with E-state index >= 15 is 0 Å². The van der Waals surface area contributed by atoms with Gasteiger partial charge in [-0.05, 0) is 26.0 Å². The number of aryl methyl sites for hydroxylation is 1. The van der Waals surface area contributed by atoms with E-state index in [-0.39, 0.29) is 18.3 Å². The Morgan fingerprint density at radius 1 is 1.42 bits per heavy atom. The number of nitrogens with zero attached hydrogens (tertiary/aromatic N) is 2. The van der Waals surface area contributed by atoms with Crippen LogP contribution in [-0.4, -0.2) is 53.6 Å². The molecule has 2 heterocycles. The normalized spacial score (nSPS) is 17.3. The van der Waals surface area contributed by atoms with Gasteiger partial charge in [-0.15, -0.1) is 12.4 Å². The number of methoxy groups -OCH3 is 1. The topological polar surface area (TPSA) is 70.2 Å². The summed E-state index contributed by atoms with van der Waals surface area (Å²) in [5.74, 6) is 1.44. The molecule has 0 saturated carbocycles. The first kappa shape index (κ1) is 18.3. The number of hydrogen-bond donors (Lipinski definition) is 2. The van der Waals surface area contributed by atoms with E-state index in [1.165, 1.54) is 0 Å². The molecule has 1 fully saturated rings. The van der Waals surface area contributed by atoms with Crippen molar-refractivity contribution in [3.8, 4) is 17.1 Å². The lowest BCUT2D eigenvalue weighted by atomic mass is 10.2. The number of ether oxygens (including phenoxy) is 1. The van der Waals surface area contributed by atoms with Gasteiger partial charge in [-0.25, -0.2) is 4.98 Å². The van der Waals surface area contributed by atoms with Crippen molar-refractivity contribution in [3.05, 3.63) is 35.7 Å². The summed E-state index contributed by atoms with van der Waals surface area (Å²) >= 11 is 0. The average Bonchev–Trinajstić information content (AvgIpc) is 2.96. The van der Waals surface area contributed by atoms with Crippen LogP contribution in [0.4, 0.5) is 0 Å². The quantitative estimate of drug-likeness (QED) is 0.890. The zero-order chi connectivity index (χ0) is 16.4. The number of aromatic nitrogens is 2. The Labute approximate surface area is 148 Å². The van der Waals surface area contributed by atoms with E-state index in [9.17, 15) is 4.79 Å². The van der Waals surface area contributed by atoms with Crippen molar-refractivity contribution < 1.29 is 9.53 Å². The molecule has 7 heteroatoms. The van der Waals surface area contributed by atoms with Crippen LogP contribution in [0.3, 0.4) is 0 Å². The number of benzene rings is 1. The summed E-state index contributed by atoms with van der Waals surface area (Å²) in [6, 6.07) is 7.95. The van der Waals surface area contributed by atoms with E-state index in [4.69, 9.17) is 4.74 Å². The molecule has 0 aliphatic carbocycles. The van der Waals surface area contributed by atoms with Crippen molar-refractivity contribution in [1.82, 2.24) is 20.2 Å². The molecule has 3 rings (SSSR count). The Bertz CT molecular complexity index is 716. The molecule has 0 radical (unpaired) electrons. The molecule has 6 nitrogen and oxygen atoms in total. The summed E-state index contributed by atoms with van der Waals surface area (Å²) in [6.07, 6.45) is 0. The van der Waals surface area contributed by atoms with Gasteiger partial charge in [0.05, 0.1) is 7.11 Å². The van der Waals surface area contributed by atoms with Crippen LogP contribution >= 0.6 is 12.4 Å². The molecule has 2 aromatic rings. The first-order valence-corrected chi connectivity index (χ1v) is 7.82. The number of halogens is 1. The molecule has 1 amide bonds. The molecular formula is C17H23ClN4O2. The fourth-order valence-electron chi connectivity index (χ4n) is 2.84. The molecule has 0 bridgehead atoms. The minimum Gasteiger partial charge on any atom is -0.497 e. The third kappa shape index (κ3) is 3.71. The van der Waals surface area contributed by atoms with E-state index in [0.717, 1.165) is 23.6 Å². The van der Waals surface area contributed by atoms with Crippen molar-refractivity contribution >= 4 is 18.3 Å². The number of nitrogens with one attached hydrogen (secondary N) is 2. The Balaban J connectivity index is 0.00000208. The zero-order valence-corrected chi connectivity index (χ0v) is 14.9. The molecule has 1 aromatic carbocycles. The zero-order valence-electron chi connectivity index (χ0n) is 14.1. The Morgan fingerprint density at radius 3 is 2.92 bits per heavy atom. The van der Waals surface area contributed by atoms with Crippen molar-refractivity contribution in [2.24, 2.45) is 0 Å². The molecular weight excluding hydrogens is 328 g/mol. The summed E-state index contributed by atoms with van der Waals surface area (Å²) in [5.41, 5.74) is 2.19. The molecule has 130 valence electrons. The average molecular weight is 351 g/mol. The highest BCUT2D eigenvalue weighted by molar-refractivity contribution is 5.94. The highest BCUT2D eigenvalue weighted by Crippen LogP contribution is 2.23. The van der Waals surface area contributed by atoms with Crippen LogP contribution in [0.15, 0.2) is 24.3 Å². The van der Waals surface area contributed by atoms with Crippen molar-refractivity contribution in [2.45, 2.75) is 19.9 Å². The van der Waals surface area contributed by atoms with Crippen LogP contribution in [0.5, 0.6) is 5.75 Å². The number of carbonyl (C=O) groups is 1. The SMILES string of the molecule is COc1cccc(-c2nc(C(=O)N3CCN[C@H](C)C3)c(C)[nH]2)c1.Cl. The Hall–Kier alpha value is -2.05. The lowest BCUT2D eigenvalue weighted by molar-refractivity contribution is 0.0703. The number of rotatable bonds is 3. The van der Waals surface area contributed by atoms with Crippen LogP contribution < -0.4 is 10.1 Å². The van der Waals surface area contributed by atoms with Crippen molar-refractivity contribution in [3.63, 3.8) is 0 Å². The highest BCUT2D eigenvalue weighted by Gasteiger charge is 2.25. The third-order valence-electron chi connectivity index (χ3n) is 4.09. The lowest BCUT2D eigenvalue weighted by Gasteiger charge is -2.31. The van der Waals surface area contributed by atoms with Crippen LogP contribution in [0.25, 0.3) is 11.4 Å². The smallest absolute Gasteiger partial charge is 0.274 e. The first-order chi connectivity index (χ1) is 11.1. The van der Waals surface area contributed by atoms with Gasteiger partial charge in [0.2, 0.25) is 0 Å². The fraction of sp³-hybridized carbons (Fsp3) is 0.412. The van der Waals surface area contributed by atoms with Gasteiger partial charge in [0.25, 0.3) is 5.91 Å². The molecule has 2 N–H and O–H groups in total. The summed E-state index contributed by atoms with van der Waals surface area (Å²) in [6.45, 7) is 6.21. The lowest BCUT2D eigenvalue weighted by Crippen LogP contribution is -2.51. The number of amides is 1. The molecule has 1 aromatic heterocycles. The van der Waals surface area contributed by atoms with Crippen molar-refractivity contribution in [1.29, 1.82) is 0 Å². The summed E-state index contributed by atoms with van der Waals surface area (Å²) < 4.78 is 5.24. The minimum absolute atomic E-state index is 0. The van der Waals surface area contributed by atoms with Crippen LogP contribution in [-0.2, 0) is 0 Å². The monoisotopic (exact) mass is 350 g/mol. The molecule has 0 unspecified atom stereocenters. The summed E-state index contributed by atoms with van der Waals surface area (Å²) in [5, 5.41) is 3.34. The van der Waals surface area contributed by atoms with Gasteiger partial charge in [0.15, 0.2) is 0 Å². The highest BCUT2D eigenvalue weighted by atomic mass is 35.5. The second kappa shape index (κ2) is 7.68. The van der Waals surface area contributed by atoms with Gasteiger partial charge >= 0.3 is 0 Å². The molecule has 1 saturated heterocycles. The van der Waals surface area contributed by atoms with Gasteiger partial charge in [-0.3, -0.25) is 4.79 Å². The van der Waals surface area contributed by atoms with Gasteiger partial charge < -0.3 is 19.9 Å². The third-order valence-corrected chi connectivity index (χ3v) is 4.09. The molecule has 24 heavy (non-hydrogen) atoms. The van der Waals surface area contributed by atoms with E-state index in [2.05, 4.69) is 22.2 Å². The minimum atomic E-state index is -0.0127. The van der Waals surface area contributed by atoms with E-state index in [1.54, 1.807) is 7.11 Å². The van der Waals surface area contributed by atoms with Crippen LogP contribution in [0, 0.1) is 6.92 Å². The number of aromatic amines is 1. The number of imidazole rings is 1. The number of piperazine rings is 1. The number of hydrogen-bond acceptors (Lipinski definition) is 4. The second-order valence-corrected chi connectivity index (χ2v) is 5.90. The van der Waals surface area contributed by atoms with E-state index in [1.807, 2.05) is 36.1 Å². The summed E-state index contributed by atoms with van der Waals surface area (Å²) in [7, 11) is 1.63. The fourth-order valence-corrected chi connectivity index (χ4v) is 2.84. The van der Waals surface area contributed by atoms with E-state index in [0.29, 0.717) is 30.6 Å². The number of H-pyrrole nitrogens is 1. The predicted molar refractivity (Wildman–Crippen MR) is 95.9 cm³/mol. The standard InChI is InChI=1S/C17H22N4O2.ClH/c1-11-10-21(8-7-18-11)17(22)15-12(2)19-16(20-15)13-5-4-6-14(9-13)23-3;/h4-6,9,11,18H,7-8,10H2,1-3H3,(H,19,20);1H/t11-;/m1./s1. The maximum Gasteiger partial charge on any atom is 0.274 e. The largest absolute Gasteiger partial charge is 0.497 e. The molecule has 1 aliphatic heterocycles. The second-order valence-electron chi connectivity index (χ2n) is 5.90. The van der Waals surface area contributed by atoms with Crippen LogP contribution in [0.1, 0.15) is 23.1 Å². The predicted octanol–water partition coefficient (Wildman–Crippen LogP) is 2.25. The first-order valence-electron chi connectivity index (χ1n) is 7.82. The van der Waals surface area contributed by atoms with Gasteiger partial charge in [-0.1, -0.05) is 12.1 Å². The summed E-state index contributed by atoms with van der Waals surface area (Å²) in [4.78, 5) is 22.3. The van der Waals surface area contributed by atoms with Gasteiger partial charge in [0.1, 0.15) is 17.3 Å². The maximum atomic E-state index is 12.7. The Kier molecular flexibility index (Phi) is 5.85. The molecule has 0 spiro atoms. The molecule has 1 atom stereocenters. The van der Waals surface area contributed by atoms with Crippen molar-refractivity contribution in [2.75, 3.05) is 26.7 Å². The molecule has 1 aliphatic rings. The van der Waals surface area contributed by atoms with Crippen LogP contribution in [0.2, 0.25) is 0 Å². The van der Waals surface area contributed by atoms with Gasteiger partial charge in [0, 0.05) is 36.9 Å². The van der Waals surface area contributed by atoms with Gasteiger partial charge in [-0.2, -0.15) is 0 Å². The van der Waals surface area contributed by atoms with E-state index < -0.39 is 0 Å². The number of carbonyl (C=O) groups excluding carboxylic acids is 1. The Morgan fingerprint density at radius 2 is 2.21 bits per heavy atom. The maximum absolute atomic E-state index is 12.7.